The Bertz CT molecular complexity index is 263. The molecule has 0 spiro atoms. The summed E-state index contributed by atoms with van der Waals surface area (Å²) in [6.07, 6.45) is 10.3. The van der Waals surface area contributed by atoms with E-state index in [0.29, 0.717) is 17.5 Å². The molecule has 98 valence electrons. The van der Waals surface area contributed by atoms with E-state index in [9.17, 15) is 5.11 Å². The highest BCUT2D eigenvalue weighted by molar-refractivity contribution is 9.09. The number of rotatable bonds is 3. The highest BCUT2D eigenvalue weighted by Crippen LogP contribution is 2.44. The van der Waals surface area contributed by atoms with Crippen LogP contribution < -0.4 is 0 Å². The molecule has 3 rings (SSSR count). The second-order valence-corrected chi connectivity index (χ2v) is 7.08. The summed E-state index contributed by atoms with van der Waals surface area (Å²) in [7, 11) is 0. The van der Waals surface area contributed by atoms with Crippen molar-refractivity contribution in [2.45, 2.75) is 69.6 Å². The Labute approximate surface area is 113 Å². The number of fused-ring (bicyclic) bond motifs is 2. The van der Waals surface area contributed by atoms with Gasteiger partial charge in [0.15, 0.2) is 0 Å². The van der Waals surface area contributed by atoms with Gasteiger partial charge in [0, 0.05) is 24.0 Å². The van der Waals surface area contributed by atoms with Gasteiger partial charge in [-0.25, -0.2) is 0 Å². The summed E-state index contributed by atoms with van der Waals surface area (Å²) in [5.74, 6) is 0. The maximum absolute atomic E-state index is 9.85. The Morgan fingerprint density at radius 3 is 2.24 bits per heavy atom. The Morgan fingerprint density at radius 1 is 1.12 bits per heavy atom. The standard InChI is InChI=1S/C14H24BrNO/c15-9-14(5-1-2-6-14)10-16-11-3-4-12(16)8-13(17)7-11/h11-13,17H,1-10H2. The highest BCUT2D eigenvalue weighted by atomic mass is 79.9. The van der Waals surface area contributed by atoms with Gasteiger partial charge in [-0.1, -0.05) is 28.8 Å². The molecule has 1 N–H and O–H groups in total. The third kappa shape index (κ3) is 2.31. The molecule has 2 atom stereocenters. The first-order valence-electron chi connectivity index (χ1n) is 7.22. The van der Waals surface area contributed by atoms with Gasteiger partial charge in [0.25, 0.3) is 0 Å². The molecule has 2 saturated heterocycles. The van der Waals surface area contributed by atoms with Gasteiger partial charge in [-0.3, -0.25) is 4.90 Å². The van der Waals surface area contributed by atoms with E-state index in [2.05, 4.69) is 20.8 Å². The maximum Gasteiger partial charge on any atom is 0.0570 e. The molecule has 1 aliphatic carbocycles. The van der Waals surface area contributed by atoms with E-state index in [1.165, 1.54) is 50.4 Å². The largest absolute Gasteiger partial charge is 0.393 e. The van der Waals surface area contributed by atoms with E-state index >= 15 is 0 Å². The molecule has 3 heteroatoms. The Hall–Kier alpha value is 0.400. The topological polar surface area (TPSA) is 23.5 Å². The molecule has 2 bridgehead atoms. The van der Waals surface area contributed by atoms with Gasteiger partial charge >= 0.3 is 0 Å². The fraction of sp³-hybridized carbons (Fsp3) is 1.00. The molecule has 1 saturated carbocycles. The average Bonchev–Trinajstić information content (AvgIpc) is 2.86. The van der Waals surface area contributed by atoms with E-state index in [1.54, 1.807) is 0 Å². The smallest absolute Gasteiger partial charge is 0.0570 e. The molecule has 2 unspecified atom stereocenters. The lowest BCUT2D eigenvalue weighted by molar-refractivity contribution is 0.0148. The van der Waals surface area contributed by atoms with E-state index in [1.807, 2.05) is 0 Å². The zero-order valence-corrected chi connectivity index (χ0v) is 12.2. The predicted octanol–water partition coefficient (Wildman–Crippen LogP) is 2.93. The molecule has 3 fully saturated rings. The van der Waals surface area contributed by atoms with Crippen LogP contribution in [-0.2, 0) is 0 Å². The van der Waals surface area contributed by atoms with Crippen molar-refractivity contribution >= 4 is 15.9 Å². The zero-order chi connectivity index (χ0) is 11.9. The van der Waals surface area contributed by atoms with Crippen LogP contribution >= 0.6 is 15.9 Å². The summed E-state index contributed by atoms with van der Waals surface area (Å²) < 4.78 is 0. The lowest BCUT2D eigenvalue weighted by Crippen LogP contribution is -2.49. The van der Waals surface area contributed by atoms with Gasteiger partial charge in [0.1, 0.15) is 0 Å². The normalized spacial score (nSPS) is 40.9. The van der Waals surface area contributed by atoms with Crippen molar-refractivity contribution in [1.82, 2.24) is 4.90 Å². The molecule has 0 amide bonds. The van der Waals surface area contributed by atoms with Gasteiger partial charge in [-0.15, -0.1) is 0 Å². The summed E-state index contributed by atoms with van der Waals surface area (Å²) in [6, 6.07) is 1.36. The van der Waals surface area contributed by atoms with Gasteiger partial charge in [-0.05, 0) is 43.9 Å². The lowest BCUT2D eigenvalue weighted by atomic mass is 9.86. The van der Waals surface area contributed by atoms with Gasteiger partial charge in [0.05, 0.1) is 6.10 Å². The van der Waals surface area contributed by atoms with Crippen LogP contribution in [0.25, 0.3) is 0 Å². The summed E-state index contributed by atoms with van der Waals surface area (Å²) in [4.78, 5) is 2.75. The molecule has 0 aromatic rings. The lowest BCUT2D eigenvalue weighted by Gasteiger charge is -2.42. The number of alkyl halides is 1. The van der Waals surface area contributed by atoms with Gasteiger partial charge < -0.3 is 5.11 Å². The van der Waals surface area contributed by atoms with Gasteiger partial charge in [-0.2, -0.15) is 0 Å². The van der Waals surface area contributed by atoms with Crippen LogP contribution in [0, 0.1) is 5.41 Å². The quantitative estimate of drug-likeness (QED) is 0.810. The summed E-state index contributed by atoms with van der Waals surface area (Å²) >= 11 is 3.76. The van der Waals surface area contributed by atoms with Crippen molar-refractivity contribution in [2.24, 2.45) is 5.41 Å². The zero-order valence-electron chi connectivity index (χ0n) is 10.6. The maximum atomic E-state index is 9.85. The summed E-state index contributed by atoms with van der Waals surface area (Å²) in [5, 5.41) is 11.0. The molecule has 2 aliphatic heterocycles. The molecule has 0 radical (unpaired) electrons. The fourth-order valence-corrected chi connectivity index (χ4v) is 5.09. The molecule has 0 aromatic heterocycles. The van der Waals surface area contributed by atoms with Crippen LogP contribution in [0.3, 0.4) is 0 Å². The van der Waals surface area contributed by atoms with Crippen LogP contribution in [0.2, 0.25) is 0 Å². The van der Waals surface area contributed by atoms with Crippen molar-refractivity contribution in [3.63, 3.8) is 0 Å². The van der Waals surface area contributed by atoms with E-state index in [-0.39, 0.29) is 6.10 Å². The SMILES string of the molecule is OC1CC2CCC(C1)N2CC1(CBr)CCCC1. The number of hydrogen-bond acceptors (Lipinski definition) is 2. The summed E-state index contributed by atoms with van der Waals surface area (Å²) in [5.41, 5.74) is 0.545. The number of hydrogen-bond donors (Lipinski definition) is 1. The van der Waals surface area contributed by atoms with Crippen LogP contribution in [0.4, 0.5) is 0 Å². The first-order chi connectivity index (χ1) is 8.22. The van der Waals surface area contributed by atoms with E-state index in [4.69, 9.17) is 0 Å². The van der Waals surface area contributed by atoms with Gasteiger partial charge in [0.2, 0.25) is 0 Å². The molecular formula is C14H24BrNO. The Kier molecular flexibility index (Phi) is 3.53. The van der Waals surface area contributed by atoms with Crippen molar-refractivity contribution in [1.29, 1.82) is 0 Å². The number of halogens is 1. The minimum Gasteiger partial charge on any atom is -0.393 e. The summed E-state index contributed by atoms with van der Waals surface area (Å²) in [6.45, 7) is 1.28. The second kappa shape index (κ2) is 4.82. The third-order valence-electron chi connectivity index (χ3n) is 5.33. The van der Waals surface area contributed by atoms with Crippen LogP contribution in [0.1, 0.15) is 51.4 Å². The number of piperidine rings is 1. The number of aliphatic hydroxyl groups excluding tert-OH is 1. The van der Waals surface area contributed by atoms with Crippen LogP contribution in [-0.4, -0.2) is 40.1 Å². The Morgan fingerprint density at radius 2 is 1.71 bits per heavy atom. The van der Waals surface area contributed by atoms with E-state index in [0.717, 1.165) is 12.8 Å². The van der Waals surface area contributed by atoms with Crippen molar-refractivity contribution in [3.8, 4) is 0 Å². The van der Waals surface area contributed by atoms with Crippen LogP contribution in [0.15, 0.2) is 0 Å². The van der Waals surface area contributed by atoms with Crippen molar-refractivity contribution in [2.75, 3.05) is 11.9 Å². The first-order valence-corrected chi connectivity index (χ1v) is 8.34. The fourth-order valence-electron chi connectivity index (χ4n) is 4.35. The highest BCUT2D eigenvalue weighted by Gasteiger charge is 2.44. The molecule has 0 aromatic carbocycles. The second-order valence-electron chi connectivity index (χ2n) is 6.52. The number of aliphatic hydroxyl groups is 1. The van der Waals surface area contributed by atoms with E-state index < -0.39 is 0 Å². The minimum absolute atomic E-state index is 0.0211. The minimum atomic E-state index is -0.0211. The molecular weight excluding hydrogens is 278 g/mol. The average molecular weight is 302 g/mol. The van der Waals surface area contributed by atoms with Crippen molar-refractivity contribution in [3.05, 3.63) is 0 Å². The molecule has 2 heterocycles. The Balaban J connectivity index is 1.69. The third-order valence-corrected chi connectivity index (χ3v) is 6.51. The first kappa shape index (κ1) is 12.4. The monoisotopic (exact) mass is 301 g/mol. The van der Waals surface area contributed by atoms with Crippen LogP contribution in [0.5, 0.6) is 0 Å². The molecule has 17 heavy (non-hydrogen) atoms. The molecule has 2 nitrogen and oxygen atoms in total. The molecule has 3 aliphatic rings. The van der Waals surface area contributed by atoms with Crippen molar-refractivity contribution < 1.29 is 5.11 Å². The number of nitrogens with zero attached hydrogens (tertiary/aromatic N) is 1. The predicted molar refractivity (Wildman–Crippen MR) is 73.5 cm³/mol.